The van der Waals surface area contributed by atoms with Crippen molar-refractivity contribution >= 4 is 11.3 Å². The number of thiophene rings is 1. The summed E-state index contributed by atoms with van der Waals surface area (Å²) >= 11 is 1.66. The van der Waals surface area contributed by atoms with Crippen LogP contribution in [0.25, 0.3) is 0 Å². The van der Waals surface area contributed by atoms with E-state index in [9.17, 15) is 0 Å². The highest BCUT2D eigenvalue weighted by molar-refractivity contribution is 7.13. The Morgan fingerprint density at radius 2 is 2.33 bits per heavy atom. The first-order valence-electron chi connectivity index (χ1n) is 4.70. The van der Waals surface area contributed by atoms with E-state index >= 15 is 0 Å². The molecule has 0 aliphatic heterocycles. The van der Waals surface area contributed by atoms with Crippen LogP contribution >= 0.6 is 11.3 Å². The minimum absolute atomic E-state index is 0.806. The van der Waals surface area contributed by atoms with E-state index in [1.54, 1.807) is 24.6 Å². The van der Waals surface area contributed by atoms with E-state index in [4.69, 9.17) is 4.74 Å². The minimum atomic E-state index is 0.806. The molecule has 2 aromatic rings. The van der Waals surface area contributed by atoms with Crippen LogP contribution in [0, 0.1) is 0 Å². The molecule has 2 aromatic heterocycles. The summed E-state index contributed by atoms with van der Waals surface area (Å²) in [4.78, 5) is 1.27. The van der Waals surface area contributed by atoms with Crippen LogP contribution in [0.5, 0.6) is 5.06 Å². The maximum atomic E-state index is 5.12. The van der Waals surface area contributed by atoms with Gasteiger partial charge >= 0.3 is 0 Å². The van der Waals surface area contributed by atoms with Crippen molar-refractivity contribution in [3.63, 3.8) is 0 Å². The fourth-order valence-corrected chi connectivity index (χ4v) is 2.05. The number of nitrogens with one attached hydrogen (secondary N) is 2. The summed E-state index contributed by atoms with van der Waals surface area (Å²) < 4.78 is 5.12. The van der Waals surface area contributed by atoms with Crippen LogP contribution in [-0.2, 0) is 13.1 Å². The molecule has 0 aliphatic carbocycles. The van der Waals surface area contributed by atoms with Crippen LogP contribution in [-0.4, -0.2) is 17.3 Å². The first kappa shape index (κ1) is 10.2. The lowest BCUT2D eigenvalue weighted by molar-refractivity contribution is 0.427. The lowest BCUT2D eigenvalue weighted by Crippen LogP contribution is -2.11. The summed E-state index contributed by atoms with van der Waals surface area (Å²) in [5.74, 6) is 0. The number of hydrogen-bond donors (Lipinski definition) is 2. The van der Waals surface area contributed by atoms with Gasteiger partial charge in [-0.3, -0.25) is 5.10 Å². The average molecular weight is 223 g/mol. The third-order valence-electron chi connectivity index (χ3n) is 2.01. The molecule has 0 atom stereocenters. The maximum absolute atomic E-state index is 5.12. The second-order valence-corrected chi connectivity index (χ2v) is 4.24. The number of ether oxygens (including phenoxy) is 1. The van der Waals surface area contributed by atoms with Gasteiger partial charge in [0.15, 0.2) is 5.06 Å². The van der Waals surface area contributed by atoms with Gasteiger partial charge in [0, 0.05) is 29.9 Å². The average Bonchev–Trinajstić information content (AvgIpc) is 2.88. The molecule has 0 spiro atoms. The van der Waals surface area contributed by atoms with Crippen molar-refractivity contribution in [3.05, 3.63) is 35.0 Å². The highest BCUT2D eigenvalue weighted by Crippen LogP contribution is 2.23. The number of aromatic amines is 1. The molecule has 0 aliphatic rings. The van der Waals surface area contributed by atoms with Gasteiger partial charge in [0.05, 0.1) is 7.11 Å². The van der Waals surface area contributed by atoms with Crippen molar-refractivity contribution in [2.24, 2.45) is 0 Å². The van der Waals surface area contributed by atoms with Gasteiger partial charge in [-0.05, 0) is 18.2 Å². The third-order valence-corrected chi connectivity index (χ3v) is 3.06. The van der Waals surface area contributed by atoms with E-state index < -0.39 is 0 Å². The molecule has 0 fully saturated rings. The largest absolute Gasteiger partial charge is 0.487 e. The van der Waals surface area contributed by atoms with Crippen molar-refractivity contribution in [1.29, 1.82) is 0 Å². The zero-order valence-corrected chi connectivity index (χ0v) is 9.30. The standard InChI is InChI=1S/C10H13N3OS/c1-14-10-3-2-9(15-10)7-11-6-8-4-5-12-13-8/h2-5,11H,6-7H2,1H3,(H,12,13). The Labute approximate surface area is 92.3 Å². The van der Waals surface area contributed by atoms with Gasteiger partial charge in [-0.25, -0.2) is 0 Å². The summed E-state index contributed by atoms with van der Waals surface area (Å²) in [5.41, 5.74) is 1.10. The molecule has 5 heteroatoms. The quantitative estimate of drug-likeness (QED) is 0.812. The Kier molecular flexibility index (Phi) is 3.37. The molecule has 2 heterocycles. The zero-order chi connectivity index (χ0) is 10.5. The number of methoxy groups -OCH3 is 1. The smallest absolute Gasteiger partial charge is 0.173 e. The van der Waals surface area contributed by atoms with Gasteiger partial charge in [0.2, 0.25) is 0 Å². The molecular formula is C10H13N3OS. The van der Waals surface area contributed by atoms with Gasteiger partial charge in [0.1, 0.15) is 0 Å². The van der Waals surface area contributed by atoms with Crippen LogP contribution < -0.4 is 10.1 Å². The number of aromatic nitrogens is 2. The molecule has 0 unspecified atom stereocenters. The molecule has 15 heavy (non-hydrogen) atoms. The van der Waals surface area contributed by atoms with E-state index in [2.05, 4.69) is 21.6 Å². The first-order chi connectivity index (χ1) is 7.38. The van der Waals surface area contributed by atoms with E-state index in [1.807, 2.05) is 12.1 Å². The molecule has 0 saturated heterocycles. The SMILES string of the molecule is COc1ccc(CNCc2ccn[nH]2)s1. The highest BCUT2D eigenvalue weighted by atomic mass is 32.1. The summed E-state index contributed by atoms with van der Waals surface area (Å²) in [6.07, 6.45) is 1.76. The topological polar surface area (TPSA) is 49.9 Å². The predicted molar refractivity (Wildman–Crippen MR) is 60.0 cm³/mol. The Morgan fingerprint density at radius 3 is 3.00 bits per heavy atom. The van der Waals surface area contributed by atoms with Gasteiger partial charge < -0.3 is 10.1 Å². The molecule has 2 N–H and O–H groups in total. The fraction of sp³-hybridized carbons (Fsp3) is 0.300. The van der Waals surface area contributed by atoms with Crippen LogP contribution in [0.2, 0.25) is 0 Å². The summed E-state index contributed by atoms with van der Waals surface area (Å²) in [6, 6.07) is 6.02. The Morgan fingerprint density at radius 1 is 1.40 bits per heavy atom. The van der Waals surface area contributed by atoms with E-state index in [-0.39, 0.29) is 0 Å². The molecule has 0 bridgehead atoms. The van der Waals surface area contributed by atoms with Crippen LogP contribution in [0.3, 0.4) is 0 Å². The van der Waals surface area contributed by atoms with Gasteiger partial charge in [-0.15, -0.1) is 11.3 Å². The molecule has 0 amide bonds. The van der Waals surface area contributed by atoms with Crippen LogP contribution in [0.15, 0.2) is 24.4 Å². The lowest BCUT2D eigenvalue weighted by atomic mass is 10.4. The highest BCUT2D eigenvalue weighted by Gasteiger charge is 1.99. The number of hydrogen-bond acceptors (Lipinski definition) is 4. The van der Waals surface area contributed by atoms with Crippen LogP contribution in [0.4, 0.5) is 0 Å². The Hall–Kier alpha value is -1.33. The maximum Gasteiger partial charge on any atom is 0.173 e. The number of nitrogens with zero attached hydrogens (tertiary/aromatic N) is 1. The summed E-state index contributed by atoms with van der Waals surface area (Å²) in [6.45, 7) is 1.66. The van der Waals surface area contributed by atoms with E-state index in [1.165, 1.54) is 4.88 Å². The van der Waals surface area contributed by atoms with Crippen molar-refractivity contribution in [3.8, 4) is 5.06 Å². The lowest BCUT2D eigenvalue weighted by Gasteiger charge is -1.99. The second-order valence-electron chi connectivity index (χ2n) is 3.11. The van der Waals surface area contributed by atoms with Crippen molar-refractivity contribution < 1.29 is 4.74 Å². The monoisotopic (exact) mass is 223 g/mol. The van der Waals surface area contributed by atoms with Crippen LogP contribution in [0.1, 0.15) is 10.6 Å². The van der Waals surface area contributed by atoms with E-state index in [0.717, 1.165) is 23.8 Å². The van der Waals surface area contributed by atoms with E-state index in [0.29, 0.717) is 0 Å². The van der Waals surface area contributed by atoms with Gasteiger partial charge in [-0.2, -0.15) is 5.10 Å². The van der Waals surface area contributed by atoms with Gasteiger partial charge in [-0.1, -0.05) is 0 Å². The minimum Gasteiger partial charge on any atom is -0.487 e. The normalized spacial score (nSPS) is 10.5. The molecule has 0 radical (unpaired) electrons. The van der Waals surface area contributed by atoms with Crippen molar-refractivity contribution in [1.82, 2.24) is 15.5 Å². The zero-order valence-electron chi connectivity index (χ0n) is 8.49. The molecule has 4 nitrogen and oxygen atoms in total. The summed E-state index contributed by atoms with van der Waals surface area (Å²) in [7, 11) is 1.69. The van der Waals surface area contributed by atoms with Gasteiger partial charge in [0.25, 0.3) is 0 Å². The number of H-pyrrole nitrogens is 1. The Bertz CT molecular complexity index is 396. The molecule has 0 aromatic carbocycles. The number of rotatable bonds is 5. The molecule has 0 saturated carbocycles. The Balaban J connectivity index is 1.78. The van der Waals surface area contributed by atoms with Crippen molar-refractivity contribution in [2.45, 2.75) is 13.1 Å². The first-order valence-corrected chi connectivity index (χ1v) is 5.52. The third kappa shape index (κ3) is 2.81. The molecule has 2 rings (SSSR count). The van der Waals surface area contributed by atoms with Crippen molar-refractivity contribution in [2.75, 3.05) is 7.11 Å². The molecule has 80 valence electrons. The summed E-state index contributed by atoms with van der Waals surface area (Å²) in [5, 5.41) is 11.1. The fourth-order valence-electron chi connectivity index (χ4n) is 1.27. The predicted octanol–water partition coefficient (Wildman–Crippen LogP) is 1.77. The molecular weight excluding hydrogens is 210 g/mol. The second kappa shape index (κ2) is 4.95.